The third-order valence-electron chi connectivity index (χ3n) is 4.40. The van der Waals surface area contributed by atoms with E-state index in [2.05, 4.69) is 11.7 Å². The topological polar surface area (TPSA) is 80.7 Å². The first-order chi connectivity index (χ1) is 13.4. The van der Waals surface area contributed by atoms with Crippen LogP contribution in [0.2, 0.25) is 0 Å². The summed E-state index contributed by atoms with van der Waals surface area (Å²) in [7, 11) is -2.42. The molecule has 0 atom stereocenters. The normalized spacial score (nSPS) is 10.8. The minimum Gasteiger partial charge on any atom is -0.469 e. The number of methoxy groups -OCH3 is 1. The Kier molecular flexibility index (Phi) is 16.8. The van der Waals surface area contributed by atoms with E-state index in [0.717, 1.165) is 6.42 Å². The summed E-state index contributed by atoms with van der Waals surface area (Å²) in [6, 6.07) is 8.52. The summed E-state index contributed by atoms with van der Waals surface area (Å²) in [5.74, 6) is -0.380. The monoisotopic (exact) mass is 414 g/mol. The van der Waals surface area contributed by atoms with Gasteiger partial charge in [0.25, 0.3) is 10.1 Å². The lowest BCUT2D eigenvalue weighted by Crippen LogP contribution is -2.00. The molecule has 6 heteroatoms. The lowest BCUT2D eigenvalue weighted by molar-refractivity contribution is -0.140. The molecule has 1 aromatic rings. The van der Waals surface area contributed by atoms with Gasteiger partial charge in [-0.25, -0.2) is 0 Å². The van der Waals surface area contributed by atoms with Gasteiger partial charge in [-0.05, 0) is 12.0 Å². The number of hydrogen-bond acceptors (Lipinski definition) is 4. The molecule has 162 valence electrons. The highest BCUT2D eigenvalue weighted by Crippen LogP contribution is 2.12. The maximum Gasteiger partial charge on any atom is 0.305 e. The number of esters is 1. The molecule has 0 spiro atoms. The first-order valence-corrected chi connectivity index (χ1v) is 12.1. The van der Waals surface area contributed by atoms with E-state index in [1.54, 1.807) is 30.3 Å². The van der Waals surface area contributed by atoms with Gasteiger partial charge >= 0.3 is 5.97 Å². The number of benzene rings is 1. The molecular formula is C22H38O5S. The SMILES string of the molecule is CCCCCCCCCCCCCC(=O)OC.O=S(=O)(O)Cc1ccccc1. The fourth-order valence-corrected chi connectivity index (χ4v) is 3.43. The molecule has 0 fully saturated rings. The predicted molar refractivity (Wildman–Crippen MR) is 115 cm³/mol. The first kappa shape index (κ1) is 26.6. The van der Waals surface area contributed by atoms with E-state index in [0.29, 0.717) is 12.0 Å². The van der Waals surface area contributed by atoms with Crippen molar-refractivity contribution < 1.29 is 22.5 Å². The summed E-state index contributed by atoms with van der Waals surface area (Å²) in [5.41, 5.74) is 0.593. The van der Waals surface area contributed by atoms with Gasteiger partial charge < -0.3 is 4.74 Å². The van der Waals surface area contributed by atoms with E-state index in [4.69, 9.17) is 4.55 Å². The zero-order chi connectivity index (χ0) is 21.1. The van der Waals surface area contributed by atoms with Crippen LogP contribution in [0, 0.1) is 0 Å². The molecule has 5 nitrogen and oxygen atoms in total. The Hall–Kier alpha value is -1.40. The number of unbranched alkanes of at least 4 members (excludes halogenated alkanes) is 10. The summed E-state index contributed by atoms with van der Waals surface area (Å²) in [4.78, 5) is 10.8. The molecule has 0 saturated heterocycles. The Morgan fingerprint density at radius 2 is 1.32 bits per heavy atom. The molecule has 1 N–H and O–H groups in total. The first-order valence-electron chi connectivity index (χ1n) is 10.4. The van der Waals surface area contributed by atoms with Crippen LogP contribution in [0.3, 0.4) is 0 Å². The van der Waals surface area contributed by atoms with Gasteiger partial charge in [0.15, 0.2) is 0 Å². The molecule has 0 unspecified atom stereocenters. The molecule has 0 aliphatic heterocycles. The predicted octanol–water partition coefficient (Wildman–Crippen LogP) is 5.93. The molecule has 0 aliphatic rings. The summed E-state index contributed by atoms with van der Waals surface area (Å²) < 4.78 is 33.8. The van der Waals surface area contributed by atoms with Crippen molar-refractivity contribution in [3.63, 3.8) is 0 Å². The molecule has 0 saturated carbocycles. The Morgan fingerprint density at radius 1 is 0.857 bits per heavy atom. The highest BCUT2D eigenvalue weighted by Gasteiger charge is 2.04. The number of carbonyl (C=O) groups excluding carboxylic acids is 1. The largest absolute Gasteiger partial charge is 0.469 e. The van der Waals surface area contributed by atoms with Gasteiger partial charge in [0.05, 0.1) is 7.11 Å². The minimum absolute atomic E-state index is 0.0686. The minimum atomic E-state index is -3.88. The number of hydrogen-bond donors (Lipinski definition) is 1. The van der Waals surface area contributed by atoms with Gasteiger partial charge in [-0.2, -0.15) is 8.42 Å². The maximum atomic E-state index is 10.8. The zero-order valence-corrected chi connectivity index (χ0v) is 18.4. The number of rotatable bonds is 14. The van der Waals surface area contributed by atoms with E-state index in [1.807, 2.05) is 0 Å². The Labute approximate surface area is 171 Å². The fourth-order valence-electron chi connectivity index (χ4n) is 2.82. The van der Waals surface area contributed by atoms with E-state index in [9.17, 15) is 13.2 Å². The highest BCUT2D eigenvalue weighted by atomic mass is 32.2. The molecule has 0 bridgehead atoms. The van der Waals surface area contributed by atoms with Crippen LogP contribution < -0.4 is 0 Å². The smallest absolute Gasteiger partial charge is 0.305 e. The third kappa shape index (κ3) is 19.4. The van der Waals surface area contributed by atoms with Gasteiger partial charge in [-0.15, -0.1) is 0 Å². The second kappa shape index (κ2) is 17.7. The molecule has 0 amide bonds. The maximum absolute atomic E-state index is 10.8. The third-order valence-corrected chi connectivity index (χ3v) is 5.10. The quantitative estimate of drug-likeness (QED) is 0.232. The van der Waals surface area contributed by atoms with Crippen molar-refractivity contribution in [1.82, 2.24) is 0 Å². The van der Waals surface area contributed by atoms with Crippen LogP contribution in [0.1, 0.15) is 89.5 Å². The Morgan fingerprint density at radius 3 is 1.75 bits per heavy atom. The molecule has 0 radical (unpaired) electrons. The van der Waals surface area contributed by atoms with Crippen molar-refractivity contribution in [2.45, 2.75) is 89.7 Å². The van der Waals surface area contributed by atoms with Gasteiger partial charge in [0, 0.05) is 6.42 Å². The van der Waals surface area contributed by atoms with Crippen molar-refractivity contribution in [3.8, 4) is 0 Å². The van der Waals surface area contributed by atoms with Crippen molar-refractivity contribution in [2.24, 2.45) is 0 Å². The van der Waals surface area contributed by atoms with Gasteiger partial charge in [0.1, 0.15) is 5.75 Å². The molecule has 0 aliphatic carbocycles. The number of carbonyl (C=O) groups is 1. The second-order valence-electron chi connectivity index (χ2n) is 7.07. The second-order valence-corrected chi connectivity index (χ2v) is 8.53. The van der Waals surface area contributed by atoms with Crippen LogP contribution in [0.25, 0.3) is 0 Å². The molecule has 1 aromatic carbocycles. The highest BCUT2D eigenvalue weighted by molar-refractivity contribution is 7.85. The summed E-state index contributed by atoms with van der Waals surface area (Å²) in [5, 5.41) is 0. The lowest BCUT2D eigenvalue weighted by atomic mass is 10.1. The van der Waals surface area contributed by atoms with E-state index < -0.39 is 10.1 Å². The van der Waals surface area contributed by atoms with Crippen molar-refractivity contribution in [1.29, 1.82) is 0 Å². The van der Waals surface area contributed by atoms with Crippen LogP contribution in [0.5, 0.6) is 0 Å². The van der Waals surface area contributed by atoms with Gasteiger partial charge in [-0.3, -0.25) is 9.35 Å². The molecular weight excluding hydrogens is 376 g/mol. The van der Waals surface area contributed by atoms with Crippen LogP contribution >= 0.6 is 0 Å². The van der Waals surface area contributed by atoms with Gasteiger partial charge in [-0.1, -0.05) is 101 Å². The summed E-state index contributed by atoms with van der Waals surface area (Å²) >= 11 is 0. The zero-order valence-electron chi connectivity index (χ0n) is 17.6. The number of ether oxygens (including phenoxy) is 1. The van der Waals surface area contributed by atoms with E-state index in [1.165, 1.54) is 71.3 Å². The summed E-state index contributed by atoms with van der Waals surface area (Å²) in [6.07, 6.45) is 15.1. The molecule has 28 heavy (non-hydrogen) atoms. The van der Waals surface area contributed by atoms with E-state index >= 15 is 0 Å². The molecule has 0 aromatic heterocycles. The van der Waals surface area contributed by atoms with Crippen LogP contribution in [-0.2, 0) is 25.4 Å². The van der Waals surface area contributed by atoms with Crippen molar-refractivity contribution in [3.05, 3.63) is 35.9 Å². The molecule has 0 heterocycles. The Balaban J connectivity index is 0.000000567. The molecule has 1 rings (SSSR count). The standard InChI is InChI=1S/C15H30O2.C7H8O3S/c1-3-4-5-6-7-8-9-10-11-12-13-14-15(16)17-2;8-11(9,10)6-7-4-2-1-3-5-7/h3-14H2,1-2H3;1-5H,6H2,(H,8,9,10). The van der Waals surface area contributed by atoms with Crippen molar-refractivity contribution >= 4 is 16.1 Å². The van der Waals surface area contributed by atoms with Crippen molar-refractivity contribution in [2.75, 3.05) is 7.11 Å². The lowest BCUT2D eigenvalue weighted by Gasteiger charge is -2.02. The van der Waals surface area contributed by atoms with Crippen LogP contribution in [0.4, 0.5) is 0 Å². The average molecular weight is 415 g/mol. The van der Waals surface area contributed by atoms with Crippen LogP contribution in [-0.4, -0.2) is 26.0 Å². The fraction of sp³-hybridized carbons (Fsp3) is 0.682. The Bertz CT molecular complexity index is 584. The average Bonchev–Trinajstić information content (AvgIpc) is 2.66. The van der Waals surface area contributed by atoms with E-state index in [-0.39, 0.29) is 11.7 Å². The van der Waals surface area contributed by atoms with Gasteiger partial charge in [0.2, 0.25) is 0 Å². The summed E-state index contributed by atoms with van der Waals surface area (Å²) in [6.45, 7) is 2.26. The van der Waals surface area contributed by atoms with Crippen LogP contribution in [0.15, 0.2) is 30.3 Å².